The Morgan fingerprint density at radius 1 is 1.71 bits per heavy atom. The molecule has 1 rings (SSSR count). The van der Waals surface area contributed by atoms with Gasteiger partial charge in [-0.25, -0.2) is 0 Å². The van der Waals surface area contributed by atoms with Gasteiger partial charge in [0.05, 0.1) is 0 Å². The van der Waals surface area contributed by atoms with Gasteiger partial charge in [-0.2, -0.15) is 0 Å². The first-order valence-electron chi connectivity index (χ1n) is 4.15. The average molecular weight is 274 g/mol. The molecule has 0 amide bonds. The number of aromatic nitrogens is 1. The van der Waals surface area contributed by atoms with Gasteiger partial charge in [-0.05, 0) is 18.3 Å². The summed E-state index contributed by atoms with van der Waals surface area (Å²) in [5.41, 5.74) is 1.08. The quantitative estimate of drug-likeness (QED) is 0.506. The molecule has 0 saturated carbocycles. The van der Waals surface area contributed by atoms with Crippen LogP contribution in [0.2, 0.25) is 0 Å². The first-order valence-corrected chi connectivity index (χ1v) is 5.47. The highest BCUT2D eigenvalue weighted by molar-refractivity contribution is 9.09. The van der Waals surface area contributed by atoms with E-state index in [4.69, 9.17) is 12.2 Å². The van der Waals surface area contributed by atoms with Crippen LogP contribution in [0.25, 0.3) is 0 Å². The Bertz CT molecular complexity index is 304. The first-order chi connectivity index (χ1) is 6.66. The van der Waals surface area contributed by atoms with E-state index in [2.05, 4.69) is 26.2 Å². The number of hydrogen-bond acceptors (Lipinski definition) is 2. The Hall–Kier alpha value is -0.680. The second-order valence-corrected chi connectivity index (χ2v) is 4.04. The van der Waals surface area contributed by atoms with E-state index in [9.17, 15) is 0 Å². The molecule has 14 heavy (non-hydrogen) atoms. The van der Waals surface area contributed by atoms with E-state index in [1.54, 1.807) is 6.20 Å². The lowest BCUT2D eigenvalue weighted by Crippen LogP contribution is -2.35. The van der Waals surface area contributed by atoms with Gasteiger partial charge in [0.25, 0.3) is 0 Å². The Morgan fingerprint density at radius 3 is 2.93 bits per heavy atom. The van der Waals surface area contributed by atoms with Gasteiger partial charge in [-0.3, -0.25) is 4.98 Å². The predicted octanol–water partition coefficient (Wildman–Crippen LogP) is 1.91. The third-order valence-corrected chi connectivity index (χ3v) is 3.47. The van der Waals surface area contributed by atoms with Crippen LogP contribution < -0.4 is 5.32 Å². The molecule has 0 spiro atoms. The van der Waals surface area contributed by atoms with Gasteiger partial charge in [0.15, 0.2) is 5.11 Å². The molecule has 1 aromatic rings. The summed E-state index contributed by atoms with van der Waals surface area (Å²) in [5.74, 6) is 0. The molecule has 0 radical (unpaired) electrons. The third kappa shape index (κ3) is 2.65. The minimum atomic E-state index is 0.0520. The standard InChI is InChI=1S/C9H12BrN3S/c1-11-9(14)13(2)8(10)7-4-3-5-12-6-7/h3-6,8H,1-2H3,(H,11,14). The summed E-state index contributed by atoms with van der Waals surface area (Å²) in [6, 6.07) is 3.90. The van der Waals surface area contributed by atoms with Crippen LogP contribution in [0.3, 0.4) is 0 Å². The van der Waals surface area contributed by atoms with Gasteiger partial charge in [-0.15, -0.1) is 0 Å². The maximum absolute atomic E-state index is 5.12. The number of alkyl halides is 1. The largest absolute Gasteiger partial charge is 0.366 e. The zero-order valence-corrected chi connectivity index (χ0v) is 10.5. The van der Waals surface area contributed by atoms with E-state index < -0.39 is 0 Å². The summed E-state index contributed by atoms with van der Waals surface area (Å²) in [6.07, 6.45) is 3.56. The van der Waals surface area contributed by atoms with Gasteiger partial charge in [-0.1, -0.05) is 22.0 Å². The SMILES string of the molecule is CNC(=S)N(C)C(Br)c1cccnc1. The average Bonchev–Trinajstić information content (AvgIpc) is 2.27. The molecular weight excluding hydrogens is 262 g/mol. The third-order valence-electron chi connectivity index (χ3n) is 1.83. The lowest BCUT2D eigenvalue weighted by Gasteiger charge is -2.25. The number of pyridine rings is 1. The summed E-state index contributed by atoms with van der Waals surface area (Å²) in [7, 11) is 3.73. The van der Waals surface area contributed by atoms with E-state index in [0.29, 0.717) is 5.11 Å². The van der Waals surface area contributed by atoms with Gasteiger partial charge in [0, 0.05) is 32.1 Å². The zero-order valence-electron chi connectivity index (χ0n) is 8.07. The normalized spacial score (nSPS) is 11.9. The van der Waals surface area contributed by atoms with Crippen LogP contribution in [0.15, 0.2) is 24.5 Å². The maximum atomic E-state index is 5.12. The van der Waals surface area contributed by atoms with Crippen molar-refractivity contribution in [3.8, 4) is 0 Å². The van der Waals surface area contributed by atoms with Crippen molar-refractivity contribution < 1.29 is 0 Å². The smallest absolute Gasteiger partial charge is 0.169 e. The van der Waals surface area contributed by atoms with Gasteiger partial charge >= 0.3 is 0 Å². The lowest BCUT2D eigenvalue weighted by molar-refractivity contribution is 0.488. The summed E-state index contributed by atoms with van der Waals surface area (Å²) in [6.45, 7) is 0. The summed E-state index contributed by atoms with van der Waals surface area (Å²) >= 11 is 8.67. The van der Waals surface area contributed by atoms with Crippen LogP contribution >= 0.6 is 28.1 Å². The number of halogens is 1. The highest BCUT2D eigenvalue weighted by Gasteiger charge is 2.14. The molecule has 76 valence electrons. The Balaban J connectivity index is 2.75. The number of thiocarbonyl (C=S) groups is 1. The minimum absolute atomic E-state index is 0.0520. The van der Waals surface area contributed by atoms with E-state index in [1.807, 2.05) is 37.3 Å². The fourth-order valence-corrected chi connectivity index (χ4v) is 1.74. The van der Waals surface area contributed by atoms with Crippen LogP contribution in [0.1, 0.15) is 10.5 Å². The van der Waals surface area contributed by atoms with Crippen LogP contribution in [-0.4, -0.2) is 29.1 Å². The highest BCUT2D eigenvalue weighted by atomic mass is 79.9. The van der Waals surface area contributed by atoms with E-state index in [-0.39, 0.29) is 4.95 Å². The molecule has 0 saturated heterocycles. The van der Waals surface area contributed by atoms with Crippen molar-refractivity contribution in [2.45, 2.75) is 4.95 Å². The molecule has 3 nitrogen and oxygen atoms in total. The van der Waals surface area contributed by atoms with Crippen LogP contribution in [0.5, 0.6) is 0 Å². The fourth-order valence-electron chi connectivity index (χ4n) is 1.02. The molecule has 0 aliphatic heterocycles. The molecule has 1 aromatic heterocycles. The zero-order chi connectivity index (χ0) is 10.6. The first kappa shape index (κ1) is 11.4. The Morgan fingerprint density at radius 2 is 2.43 bits per heavy atom. The second kappa shape index (κ2) is 5.26. The summed E-state index contributed by atoms with van der Waals surface area (Å²) in [5, 5.41) is 3.61. The van der Waals surface area contributed by atoms with Crippen molar-refractivity contribution >= 4 is 33.3 Å². The molecule has 1 unspecified atom stereocenters. The van der Waals surface area contributed by atoms with Crippen molar-refractivity contribution in [3.05, 3.63) is 30.1 Å². The number of rotatable bonds is 2. The van der Waals surface area contributed by atoms with Crippen molar-refractivity contribution in [2.24, 2.45) is 0 Å². The van der Waals surface area contributed by atoms with E-state index >= 15 is 0 Å². The van der Waals surface area contributed by atoms with Crippen molar-refractivity contribution in [3.63, 3.8) is 0 Å². The molecule has 0 aliphatic carbocycles. The summed E-state index contributed by atoms with van der Waals surface area (Å²) in [4.78, 5) is 6.03. The number of hydrogen-bond donors (Lipinski definition) is 1. The number of nitrogens with one attached hydrogen (secondary N) is 1. The van der Waals surface area contributed by atoms with Crippen molar-refractivity contribution in [2.75, 3.05) is 14.1 Å². The van der Waals surface area contributed by atoms with Crippen LogP contribution in [-0.2, 0) is 0 Å². The Labute approximate surface area is 97.6 Å². The molecule has 0 aliphatic rings. The van der Waals surface area contributed by atoms with Crippen LogP contribution in [0, 0.1) is 0 Å². The van der Waals surface area contributed by atoms with E-state index in [0.717, 1.165) is 5.56 Å². The molecule has 1 N–H and O–H groups in total. The number of nitrogens with zero attached hydrogens (tertiary/aromatic N) is 2. The molecule has 1 atom stereocenters. The van der Waals surface area contributed by atoms with Gasteiger partial charge in [0.1, 0.15) is 4.95 Å². The lowest BCUT2D eigenvalue weighted by atomic mass is 10.3. The fraction of sp³-hybridized carbons (Fsp3) is 0.333. The molecule has 1 heterocycles. The molecular formula is C9H12BrN3S. The molecule has 0 aromatic carbocycles. The topological polar surface area (TPSA) is 28.2 Å². The monoisotopic (exact) mass is 273 g/mol. The molecule has 0 bridgehead atoms. The van der Waals surface area contributed by atoms with Gasteiger partial charge < -0.3 is 10.2 Å². The van der Waals surface area contributed by atoms with E-state index in [1.165, 1.54) is 0 Å². The van der Waals surface area contributed by atoms with Crippen LogP contribution in [0.4, 0.5) is 0 Å². The van der Waals surface area contributed by atoms with Crippen molar-refractivity contribution in [1.82, 2.24) is 15.2 Å². The summed E-state index contributed by atoms with van der Waals surface area (Å²) < 4.78 is 0. The predicted molar refractivity (Wildman–Crippen MR) is 65.3 cm³/mol. The Kier molecular flexibility index (Phi) is 4.28. The minimum Gasteiger partial charge on any atom is -0.366 e. The molecule has 0 fully saturated rings. The van der Waals surface area contributed by atoms with Gasteiger partial charge in [0.2, 0.25) is 0 Å². The molecule has 5 heteroatoms. The second-order valence-electron chi connectivity index (χ2n) is 2.79. The van der Waals surface area contributed by atoms with Crippen molar-refractivity contribution in [1.29, 1.82) is 0 Å². The maximum Gasteiger partial charge on any atom is 0.169 e. The highest BCUT2D eigenvalue weighted by Crippen LogP contribution is 2.24.